The van der Waals surface area contributed by atoms with Gasteiger partial charge in [0.15, 0.2) is 0 Å². The number of rotatable bonds is 2. The maximum atomic E-state index is 13.2. The number of aryl methyl sites for hydroxylation is 1. The summed E-state index contributed by atoms with van der Waals surface area (Å²) < 4.78 is 1.88. The van der Waals surface area contributed by atoms with Crippen LogP contribution in [-0.4, -0.2) is 46.8 Å². The third-order valence-electron chi connectivity index (χ3n) is 6.47. The summed E-state index contributed by atoms with van der Waals surface area (Å²) in [4.78, 5) is 15.3. The SMILES string of the molecule is Cn1ncc2cc(-c3cccc(C(=O)N4CCC[C@@]5(CCNC5)C4)c3)ccc21. The van der Waals surface area contributed by atoms with Crippen LogP contribution in [0.3, 0.4) is 0 Å². The van der Waals surface area contributed by atoms with E-state index in [1.54, 1.807) is 0 Å². The van der Waals surface area contributed by atoms with Gasteiger partial charge in [-0.15, -0.1) is 0 Å². The van der Waals surface area contributed by atoms with Crippen LogP contribution < -0.4 is 5.32 Å². The van der Waals surface area contributed by atoms with Gasteiger partial charge in [0.2, 0.25) is 0 Å². The molecule has 0 saturated carbocycles. The number of piperidine rings is 1. The molecule has 5 nitrogen and oxygen atoms in total. The van der Waals surface area contributed by atoms with E-state index in [0.29, 0.717) is 0 Å². The lowest BCUT2D eigenvalue weighted by Crippen LogP contribution is -2.47. The minimum atomic E-state index is 0.162. The molecule has 1 atom stereocenters. The van der Waals surface area contributed by atoms with Crippen LogP contribution in [0.4, 0.5) is 0 Å². The molecule has 0 bridgehead atoms. The summed E-state index contributed by atoms with van der Waals surface area (Å²) >= 11 is 0. The van der Waals surface area contributed by atoms with Crippen molar-refractivity contribution in [2.75, 3.05) is 26.2 Å². The number of hydrogen-bond acceptors (Lipinski definition) is 3. The monoisotopic (exact) mass is 374 g/mol. The molecular formula is C23H26N4O. The highest BCUT2D eigenvalue weighted by molar-refractivity contribution is 5.96. The average molecular weight is 374 g/mol. The normalized spacial score (nSPS) is 22.2. The zero-order chi connectivity index (χ0) is 19.1. The van der Waals surface area contributed by atoms with Crippen LogP contribution in [0.25, 0.3) is 22.0 Å². The molecule has 0 radical (unpaired) electrons. The van der Waals surface area contributed by atoms with Gasteiger partial charge in [-0.2, -0.15) is 5.10 Å². The smallest absolute Gasteiger partial charge is 0.253 e. The van der Waals surface area contributed by atoms with Crippen molar-refractivity contribution < 1.29 is 4.79 Å². The maximum Gasteiger partial charge on any atom is 0.253 e. The second kappa shape index (κ2) is 6.74. The van der Waals surface area contributed by atoms with Gasteiger partial charge in [-0.05, 0) is 61.2 Å². The molecule has 28 heavy (non-hydrogen) atoms. The lowest BCUT2D eigenvalue weighted by atomic mass is 9.79. The fraction of sp³-hybridized carbons (Fsp3) is 0.391. The molecule has 2 aliphatic rings. The van der Waals surface area contributed by atoms with Crippen molar-refractivity contribution in [1.29, 1.82) is 0 Å². The first-order valence-corrected chi connectivity index (χ1v) is 10.2. The summed E-state index contributed by atoms with van der Waals surface area (Å²) in [5.41, 5.74) is 4.37. The minimum Gasteiger partial charge on any atom is -0.338 e. The van der Waals surface area contributed by atoms with Crippen LogP contribution in [0.15, 0.2) is 48.7 Å². The van der Waals surface area contributed by atoms with Crippen LogP contribution in [0.5, 0.6) is 0 Å². The van der Waals surface area contributed by atoms with E-state index < -0.39 is 0 Å². The Morgan fingerprint density at radius 2 is 2.04 bits per heavy atom. The lowest BCUT2D eigenvalue weighted by Gasteiger charge is -2.40. The Hall–Kier alpha value is -2.66. The van der Waals surface area contributed by atoms with Crippen LogP contribution in [-0.2, 0) is 7.05 Å². The molecule has 2 aromatic carbocycles. The number of aromatic nitrogens is 2. The molecule has 5 rings (SSSR count). The van der Waals surface area contributed by atoms with Gasteiger partial charge in [0.05, 0.1) is 11.7 Å². The summed E-state index contributed by atoms with van der Waals surface area (Å²) in [7, 11) is 1.95. The van der Waals surface area contributed by atoms with Gasteiger partial charge in [0, 0.05) is 43.0 Å². The Morgan fingerprint density at radius 3 is 2.89 bits per heavy atom. The molecular weight excluding hydrogens is 348 g/mol. The Bertz CT molecular complexity index is 1030. The molecule has 3 heterocycles. The number of nitrogens with zero attached hydrogens (tertiary/aromatic N) is 3. The third kappa shape index (κ3) is 3.00. The first-order chi connectivity index (χ1) is 13.6. The van der Waals surface area contributed by atoms with E-state index in [9.17, 15) is 4.79 Å². The van der Waals surface area contributed by atoms with Gasteiger partial charge in [-0.1, -0.05) is 18.2 Å². The number of nitrogens with one attached hydrogen (secondary N) is 1. The van der Waals surface area contributed by atoms with E-state index in [-0.39, 0.29) is 11.3 Å². The molecule has 1 amide bonds. The predicted octanol–water partition coefficient (Wildman–Crippen LogP) is 3.46. The number of benzene rings is 2. The van der Waals surface area contributed by atoms with E-state index in [2.05, 4.69) is 39.6 Å². The summed E-state index contributed by atoms with van der Waals surface area (Å²) in [6.45, 7) is 3.87. The molecule has 2 saturated heterocycles. The fourth-order valence-corrected chi connectivity index (χ4v) is 4.88. The van der Waals surface area contributed by atoms with Crippen LogP contribution in [0.1, 0.15) is 29.6 Å². The average Bonchev–Trinajstić information content (AvgIpc) is 3.34. The molecule has 0 unspecified atom stereocenters. The second-order valence-corrected chi connectivity index (χ2v) is 8.38. The zero-order valence-corrected chi connectivity index (χ0v) is 16.3. The Morgan fingerprint density at radius 1 is 1.14 bits per heavy atom. The van der Waals surface area contributed by atoms with E-state index in [0.717, 1.165) is 60.2 Å². The van der Waals surface area contributed by atoms with Crippen molar-refractivity contribution in [1.82, 2.24) is 20.0 Å². The second-order valence-electron chi connectivity index (χ2n) is 8.38. The van der Waals surface area contributed by atoms with E-state index in [1.807, 2.05) is 36.1 Å². The molecule has 0 aliphatic carbocycles. The summed E-state index contributed by atoms with van der Waals surface area (Å²) in [5.74, 6) is 0.162. The van der Waals surface area contributed by atoms with Gasteiger partial charge in [0.1, 0.15) is 0 Å². The topological polar surface area (TPSA) is 50.2 Å². The van der Waals surface area contributed by atoms with E-state index in [4.69, 9.17) is 0 Å². The summed E-state index contributed by atoms with van der Waals surface area (Å²) in [5, 5.41) is 8.92. The number of fused-ring (bicyclic) bond motifs is 1. The highest BCUT2D eigenvalue weighted by Crippen LogP contribution is 2.36. The number of carbonyl (C=O) groups is 1. The van der Waals surface area contributed by atoms with Gasteiger partial charge in [-0.25, -0.2) is 0 Å². The van der Waals surface area contributed by atoms with Crippen molar-refractivity contribution in [3.05, 3.63) is 54.2 Å². The minimum absolute atomic E-state index is 0.162. The largest absolute Gasteiger partial charge is 0.338 e. The molecule has 1 spiro atoms. The summed E-state index contributed by atoms with van der Waals surface area (Å²) in [6, 6.07) is 14.4. The highest BCUT2D eigenvalue weighted by Gasteiger charge is 2.39. The van der Waals surface area contributed by atoms with Crippen LogP contribution >= 0.6 is 0 Å². The molecule has 144 valence electrons. The first-order valence-electron chi connectivity index (χ1n) is 10.2. The Labute approximate surface area is 165 Å². The molecule has 2 aliphatic heterocycles. The van der Waals surface area contributed by atoms with Crippen LogP contribution in [0.2, 0.25) is 0 Å². The van der Waals surface area contributed by atoms with Crippen molar-refractivity contribution in [3.8, 4) is 11.1 Å². The lowest BCUT2D eigenvalue weighted by molar-refractivity contribution is 0.0553. The van der Waals surface area contributed by atoms with Gasteiger partial charge in [0.25, 0.3) is 5.91 Å². The molecule has 2 fully saturated rings. The van der Waals surface area contributed by atoms with Gasteiger partial charge >= 0.3 is 0 Å². The highest BCUT2D eigenvalue weighted by atomic mass is 16.2. The number of amides is 1. The number of hydrogen-bond donors (Lipinski definition) is 1. The predicted molar refractivity (Wildman–Crippen MR) is 111 cm³/mol. The van der Waals surface area contributed by atoms with Crippen molar-refractivity contribution in [2.45, 2.75) is 19.3 Å². The van der Waals surface area contributed by atoms with Gasteiger partial charge < -0.3 is 10.2 Å². The Balaban J connectivity index is 1.42. The number of likely N-dealkylation sites (tertiary alicyclic amines) is 1. The number of carbonyl (C=O) groups excluding carboxylic acids is 1. The van der Waals surface area contributed by atoms with E-state index >= 15 is 0 Å². The summed E-state index contributed by atoms with van der Waals surface area (Å²) in [6.07, 6.45) is 5.40. The molecule has 5 heteroatoms. The zero-order valence-electron chi connectivity index (χ0n) is 16.3. The third-order valence-corrected chi connectivity index (χ3v) is 6.47. The van der Waals surface area contributed by atoms with Crippen molar-refractivity contribution in [3.63, 3.8) is 0 Å². The first kappa shape index (κ1) is 17.4. The van der Waals surface area contributed by atoms with Crippen LogP contribution in [0, 0.1) is 5.41 Å². The van der Waals surface area contributed by atoms with E-state index in [1.165, 1.54) is 12.8 Å². The maximum absolute atomic E-state index is 13.2. The molecule has 1 N–H and O–H groups in total. The van der Waals surface area contributed by atoms with Crippen molar-refractivity contribution in [2.24, 2.45) is 12.5 Å². The molecule has 3 aromatic rings. The molecule has 1 aromatic heterocycles. The Kier molecular flexibility index (Phi) is 4.20. The fourth-order valence-electron chi connectivity index (χ4n) is 4.88. The van der Waals surface area contributed by atoms with Gasteiger partial charge in [-0.3, -0.25) is 9.48 Å². The standard InChI is InChI=1S/C23H26N4O/c1-26-21-7-6-18(13-20(21)14-25-26)17-4-2-5-19(12-17)22(28)27-11-3-8-23(16-27)9-10-24-15-23/h2,4-7,12-14,24H,3,8-11,15-16H2,1H3/t23-/m0/s1. The quantitative estimate of drug-likeness (QED) is 0.747. The van der Waals surface area contributed by atoms with Crippen molar-refractivity contribution >= 4 is 16.8 Å².